The number of hydrogen-bond acceptors (Lipinski definition) is 4. The first-order valence-electron chi connectivity index (χ1n) is 9.78. The van der Waals surface area contributed by atoms with Crippen LogP contribution in [0.15, 0.2) is 36.4 Å². The number of rotatable bonds is 5. The van der Waals surface area contributed by atoms with Gasteiger partial charge in [-0.3, -0.25) is 9.59 Å². The first-order chi connectivity index (χ1) is 13.9. The van der Waals surface area contributed by atoms with Gasteiger partial charge in [-0.1, -0.05) is 30.3 Å². The number of esters is 1. The number of amides is 2. The Hall–Kier alpha value is -3.09. The molecule has 0 bridgehead atoms. The van der Waals surface area contributed by atoms with Gasteiger partial charge in [0.15, 0.2) is 6.61 Å². The second-order valence-corrected chi connectivity index (χ2v) is 7.32. The Kier molecular flexibility index (Phi) is 6.36. The lowest BCUT2D eigenvalue weighted by Gasteiger charge is -2.34. The van der Waals surface area contributed by atoms with Crippen LogP contribution in [0.3, 0.4) is 0 Å². The highest BCUT2D eigenvalue weighted by atomic mass is 16.5. The normalized spacial score (nSPS) is 14.0. The molecule has 1 fully saturated rings. The van der Waals surface area contributed by atoms with Crippen molar-refractivity contribution < 1.29 is 19.1 Å². The van der Waals surface area contributed by atoms with Gasteiger partial charge in [-0.2, -0.15) is 0 Å². The molecule has 0 radical (unpaired) electrons. The van der Waals surface area contributed by atoms with E-state index in [1.807, 2.05) is 44.2 Å². The highest BCUT2D eigenvalue weighted by molar-refractivity contribution is 5.92. The highest BCUT2D eigenvalue weighted by Crippen LogP contribution is 2.18. The lowest BCUT2D eigenvalue weighted by atomic mass is 10.2. The Morgan fingerprint density at radius 3 is 2.21 bits per heavy atom. The SMILES string of the molecule is CC(=O)N1CCN(C(=O)COC(=O)c2cc(C)n(Cc3ccccc3)c2C)CC1. The Labute approximate surface area is 170 Å². The lowest BCUT2D eigenvalue weighted by Crippen LogP contribution is -2.51. The molecule has 1 aromatic carbocycles. The number of benzene rings is 1. The molecule has 154 valence electrons. The van der Waals surface area contributed by atoms with Gasteiger partial charge in [-0.25, -0.2) is 4.79 Å². The molecule has 0 N–H and O–H groups in total. The molecule has 7 heteroatoms. The van der Waals surface area contributed by atoms with E-state index in [9.17, 15) is 14.4 Å². The molecule has 2 heterocycles. The van der Waals surface area contributed by atoms with Crippen molar-refractivity contribution in [2.45, 2.75) is 27.3 Å². The van der Waals surface area contributed by atoms with Crippen LogP contribution >= 0.6 is 0 Å². The van der Waals surface area contributed by atoms with E-state index in [4.69, 9.17) is 4.74 Å². The van der Waals surface area contributed by atoms with Gasteiger partial charge >= 0.3 is 5.97 Å². The van der Waals surface area contributed by atoms with E-state index in [0.29, 0.717) is 38.3 Å². The number of piperazine rings is 1. The number of carbonyl (C=O) groups excluding carboxylic acids is 3. The molecular formula is C22H27N3O4. The third-order valence-electron chi connectivity index (χ3n) is 5.38. The molecule has 0 atom stereocenters. The fourth-order valence-electron chi connectivity index (χ4n) is 3.58. The van der Waals surface area contributed by atoms with E-state index < -0.39 is 5.97 Å². The largest absolute Gasteiger partial charge is 0.452 e. The van der Waals surface area contributed by atoms with Crippen molar-refractivity contribution >= 4 is 17.8 Å². The van der Waals surface area contributed by atoms with Crippen LogP contribution < -0.4 is 0 Å². The van der Waals surface area contributed by atoms with Crippen LogP contribution in [-0.2, 0) is 20.9 Å². The Bertz CT molecular complexity index is 896. The zero-order chi connectivity index (χ0) is 21.0. The first-order valence-corrected chi connectivity index (χ1v) is 9.78. The number of ether oxygens (including phenoxy) is 1. The quantitative estimate of drug-likeness (QED) is 0.724. The van der Waals surface area contributed by atoms with Gasteiger partial charge in [0.05, 0.1) is 5.56 Å². The molecule has 0 aliphatic carbocycles. The van der Waals surface area contributed by atoms with Gasteiger partial charge in [0.1, 0.15) is 0 Å². The number of nitrogens with zero attached hydrogens (tertiary/aromatic N) is 3. The molecule has 2 aromatic rings. The van der Waals surface area contributed by atoms with Crippen LogP contribution in [0.25, 0.3) is 0 Å². The maximum atomic E-state index is 12.6. The van der Waals surface area contributed by atoms with Crippen LogP contribution in [0.4, 0.5) is 0 Å². The molecule has 3 rings (SSSR count). The van der Waals surface area contributed by atoms with E-state index >= 15 is 0 Å². The molecule has 1 aromatic heterocycles. The molecule has 29 heavy (non-hydrogen) atoms. The average Bonchev–Trinajstić information content (AvgIpc) is 3.01. The minimum absolute atomic E-state index is 0.00869. The van der Waals surface area contributed by atoms with Crippen molar-refractivity contribution in [2.75, 3.05) is 32.8 Å². The van der Waals surface area contributed by atoms with Gasteiger partial charge in [-0.15, -0.1) is 0 Å². The van der Waals surface area contributed by atoms with E-state index in [1.54, 1.807) is 15.9 Å². The topological polar surface area (TPSA) is 71.9 Å². The van der Waals surface area contributed by atoms with Crippen LogP contribution in [0.1, 0.15) is 34.2 Å². The summed E-state index contributed by atoms with van der Waals surface area (Å²) < 4.78 is 7.36. The summed E-state index contributed by atoms with van der Waals surface area (Å²) in [7, 11) is 0. The minimum Gasteiger partial charge on any atom is -0.452 e. The maximum Gasteiger partial charge on any atom is 0.340 e. The van der Waals surface area contributed by atoms with Gasteiger partial charge in [0.25, 0.3) is 5.91 Å². The third-order valence-corrected chi connectivity index (χ3v) is 5.38. The standard InChI is InChI=1S/C22H27N3O4/c1-16-13-20(17(2)25(16)14-19-7-5-4-6-8-19)22(28)29-15-21(27)24-11-9-23(10-12-24)18(3)26/h4-8,13H,9-12,14-15H2,1-3H3. The van der Waals surface area contributed by atoms with Crippen LogP contribution in [-0.4, -0.2) is 64.9 Å². The molecule has 0 saturated carbocycles. The Morgan fingerprint density at radius 1 is 0.966 bits per heavy atom. The van der Waals surface area contributed by atoms with Gasteiger partial charge in [0.2, 0.25) is 5.91 Å². The van der Waals surface area contributed by atoms with Crippen molar-refractivity contribution in [1.82, 2.24) is 14.4 Å². The second kappa shape index (κ2) is 8.94. The molecule has 2 amide bonds. The minimum atomic E-state index is -0.492. The molecular weight excluding hydrogens is 370 g/mol. The highest BCUT2D eigenvalue weighted by Gasteiger charge is 2.24. The summed E-state index contributed by atoms with van der Waals surface area (Å²) in [4.78, 5) is 39.6. The van der Waals surface area contributed by atoms with E-state index in [0.717, 1.165) is 17.0 Å². The van der Waals surface area contributed by atoms with Crippen LogP contribution in [0.5, 0.6) is 0 Å². The predicted octanol–water partition coefficient (Wildman–Crippen LogP) is 2.00. The number of carbonyl (C=O) groups is 3. The van der Waals surface area contributed by atoms with Gasteiger partial charge in [-0.05, 0) is 25.5 Å². The second-order valence-electron chi connectivity index (χ2n) is 7.32. The summed E-state index contributed by atoms with van der Waals surface area (Å²) in [6, 6.07) is 11.8. The van der Waals surface area contributed by atoms with Gasteiger partial charge in [0, 0.05) is 51.0 Å². The molecule has 7 nitrogen and oxygen atoms in total. The maximum absolute atomic E-state index is 12.6. The Balaban J connectivity index is 1.58. The monoisotopic (exact) mass is 397 g/mol. The Morgan fingerprint density at radius 2 is 1.59 bits per heavy atom. The van der Waals surface area contributed by atoms with Crippen LogP contribution in [0.2, 0.25) is 0 Å². The summed E-state index contributed by atoms with van der Waals surface area (Å²) in [6.07, 6.45) is 0. The summed E-state index contributed by atoms with van der Waals surface area (Å²) >= 11 is 0. The zero-order valence-electron chi connectivity index (χ0n) is 17.2. The fourth-order valence-corrected chi connectivity index (χ4v) is 3.58. The van der Waals surface area contributed by atoms with Gasteiger partial charge < -0.3 is 19.1 Å². The summed E-state index contributed by atoms with van der Waals surface area (Å²) in [5, 5.41) is 0. The van der Waals surface area contributed by atoms with E-state index in [2.05, 4.69) is 4.57 Å². The molecule has 1 saturated heterocycles. The predicted molar refractivity (Wildman–Crippen MR) is 109 cm³/mol. The first kappa shape index (κ1) is 20.6. The fraction of sp³-hybridized carbons (Fsp3) is 0.409. The smallest absolute Gasteiger partial charge is 0.340 e. The van der Waals surface area contributed by atoms with E-state index in [1.165, 1.54) is 6.92 Å². The summed E-state index contributed by atoms with van der Waals surface area (Å²) in [5.41, 5.74) is 3.41. The third kappa shape index (κ3) is 4.85. The molecule has 1 aliphatic rings. The van der Waals surface area contributed by atoms with Crippen molar-refractivity contribution in [3.8, 4) is 0 Å². The molecule has 0 unspecified atom stereocenters. The van der Waals surface area contributed by atoms with Crippen molar-refractivity contribution in [1.29, 1.82) is 0 Å². The van der Waals surface area contributed by atoms with Crippen LogP contribution in [0, 0.1) is 13.8 Å². The zero-order valence-corrected chi connectivity index (χ0v) is 17.2. The van der Waals surface area contributed by atoms with E-state index in [-0.39, 0.29) is 18.4 Å². The summed E-state index contributed by atoms with van der Waals surface area (Å²) in [5.74, 6) is -0.720. The van der Waals surface area contributed by atoms with Crippen molar-refractivity contribution in [3.05, 3.63) is 58.9 Å². The number of hydrogen-bond donors (Lipinski definition) is 0. The average molecular weight is 397 g/mol. The number of aryl methyl sites for hydroxylation is 1. The molecule has 0 spiro atoms. The summed E-state index contributed by atoms with van der Waals surface area (Å²) in [6.45, 7) is 7.68. The number of aromatic nitrogens is 1. The van der Waals surface area contributed by atoms with Crippen molar-refractivity contribution in [2.24, 2.45) is 0 Å². The lowest BCUT2D eigenvalue weighted by molar-refractivity contribution is -0.140. The molecule has 1 aliphatic heterocycles. The van der Waals surface area contributed by atoms with Crippen molar-refractivity contribution in [3.63, 3.8) is 0 Å².